The number of hydrogen-bond acceptors (Lipinski definition) is 3. The Balaban J connectivity index is 1.36. The van der Waals surface area contributed by atoms with Gasteiger partial charge in [0.2, 0.25) is 0 Å². The third kappa shape index (κ3) is 4.26. The van der Waals surface area contributed by atoms with Gasteiger partial charge >= 0.3 is 0 Å². The zero-order chi connectivity index (χ0) is 24.1. The minimum atomic E-state index is -0.128. The molecule has 2 heterocycles. The zero-order valence-corrected chi connectivity index (χ0v) is 21.9. The molecule has 7 heteroatoms. The summed E-state index contributed by atoms with van der Waals surface area (Å²) in [7, 11) is 0. The number of carbonyl (C=O) groups excluding carboxylic acids is 1. The van der Waals surface area contributed by atoms with E-state index < -0.39 is 0 Å². The van der Waals surface area contributed by atoms with E-state index in [1.807, 2.05) is 41.4 Å². The number of fused-ring (bicyclic) bond motifs is 3. The molecule has 2 saturated carbocycles. The summed E-state index contributed by atoms with van der Waals surface area (Å²) in [4.78, 5) is 16.5. The maximum absolute atomic E-state index is 14.2. The molecule has 184 valence electrons. The molecule has 1 saturated heterocycles. The molecule has 1 amide bonds. The minimum Gasteiger partial charge on any atom is -0.331 e. The second-order valence-electron chi connectivity index (χ2n) is 10.5. The number of rotatable bonds is 3. The summed E-state index contributed by atoms with van der Waals surface area (Å²) < 4.78 is 0. The van der Waals surface area contributed by atoms with Gasteiger partial charge in [0.1, 0.15) is 5.71 Å². The quantitative estimate of drug-likeness (QED) is 0.404. The average molecular weight is 531 g/mol. The molecule has 0 bridgehead atoms. The van der Waals surface area contributed by atoms with E-state index in [0.29, 0.717) is 51.1 Å². The Morgan fingerprint density at radius 2 is 1.40 bits per heavy atom. The normalized spacial score (nSPS) is 30.1. The Bertz CT molecular complexity index is 1130. The lowest BCUT2D eigenvalue weighted by Gasteiger charge is -2.34. The van der Waals surface area contributed by atoms with Gasteiger partial charge in [0.25, 0.3) is 5.91 Å². The largest absolute Gasteiger partial charge is 0.331 e. The van der Waals surface area contributed by atoms with Crippen LogP contribution in [0.15, 0.2) is 47.6 Å². The minimum absolute atomic E-state index is 0.128. The van der Waals surface area contributed by atoms with E-state index in [-0.39, 0.29) is 11.9 Å². The van der Waals surface area contributed by atoms with Gasteiger partial charge in [-0.25, -0.2) is 0 Å². The third-order valence-corrected chi connectivity index (χ3v) is 9.42. The zero-order valence-electron chi connectivity index (χ0n) is 19.7. The van der Waals surface area contributed by atoms with Crippen molar-refractivity contribution in [3.63, 3.8) is 0 Å². The SMILES string of the molecule is O=C(C1=NN(c2ccc(Cl)cc2Cl)C(c2ccc(Cl)cc2)C1)N1C2CCCCC2C2CCCCC21. The molecule has 0 N–H and O–H groups in total. The fourth-order valence-corrected chi connectivity index (χ4v) is 7.76. The second-order valence-corrected chi connectivity index (χ2v) is 11.8. The molecule has 5 atom stereocenters. The van der Waals surface area contributed by atoms with Crippen molar-refractivity contribution >= 4 is 52.1 Å². The first-order valence-electron chi connectivity index (χ1n) is 12.9. The van der Waals surface area contributed by atoms with Crippen molar-refractivity contribution in [2.24, 2.45) is 16.9 Å². The molecule has 6 rings (SSSR count). The number of hydrazone groups is 1. The van der Waals surface area contributed by atoms with Crippen molar-refractivity contribution in [2.45, 2.75) is 75.9 Å². The molecule has 0 radical (unpaired) electrons. The summed E-state index contributed by atoms with van der Waals surface area (Å²) in [5.41, 5.74) is 2.44. The average Bonchev–Trinajstić information content (AvgIpc) is 3.44. The van der Waals surface area contributed by atoms with Gasteiger partial charge in [-0.05, 0) is 73.4 Å². The molecule has 4 aliphatic rings. The monoisotopic (exact) mass is 529 g/mol. The molecule has 35 heavy (non-hydrogen) atoms. The summed E-state index contributed by atoms with van der Waals surface area (Å²) in [5.74, 6) is 1.45. The van der Waals surface area contributed by atoms with Crippen molar-refractivity contribution in [3.05, 3.63) is 63.1 Å². The Kier molecular flexibility index (Phi) is 6.49. The van der Waals surface area contributed by atoms with Gasteiger partial charge in [-0.15, -0.1) is 0 Å². The van der Waals surface area contributed by atoms with Crippen LogP contribution in [0.3, 0.4) is 0 Å². The van der Waals surface area contributed by atoms with Crippen LogP contribution in [-0.2, 0) is 4.79 Å². The molecule has 3 fully saturated rings. The molecule has 2 aliphatic carbocycles. The number of hydrogen-bond donors (Lipinski definition) is 0. The van der Waals surface area contributed by atoms with E-state index in [2.05, 4.69) is 4.90 Å². The Morgan fingerprint density at radius 1 is 0.800 bits per heavy atom. The van der Waals surface area contributed by atoms with Gasteiger partial charge in [-0.2, -0.15) is 5.10 Å². The number of halogens is 3. The number of anilines is 1. The lowest BCUT2D eigenvalue weighted by atomic mass is 9.73. The van der Waals surface area contributed by atoms with Gasteiger partial charge in [0.05, 0.1) is 16.8 Å². The van der Waals surface area contributed by atoms with Crippen LogP contribution < -0.4 is 5.01 Å². The first kappa shape index (κ1) is 23.6. The molecule has 2 aliphatic heterocycles. The van der Waals surface area contributed by atoms with Crippen LogP contribution >= 0.6 is 34.8 Å². The smallest absolute Gasteiger partial charge is 0.270 e. The van der Waals surface area contributed by atoms with E-state index in [1.54, 1.807) is 6.07 Å². The van der Waals surface area contributed by atoms with Crippen LogP contribution in [0.25, 0.3) is 0 Å². The van der Waals surface area contributed by atoms with Crippen LogP contribution in [0, 0.1) is 11.8 Å². The number of amides is 1. The van der Waals surface area contributed by atoms with Crippen molar-refractivity contribution in [2.75, 3.05) is 5.01 Å². The first-order valence-corrected chi connectivity index (χ1v) is 14.0. The number of carbonyl (C=O) groups is 1. The second kappa shape index (κ2) is 9.61. The highest BCUT2D eigenvalue weighted by atomic mass is 35.5. The fourth-order valence-electron chi connectivity index (χ4n) is 7.14. The summed E-state index contributed by atoms with van der Waals surface area (Å²) in [5, 5.41) is 8.63. The summed E-state index contributed by atoms with van der Waals surface area (Å²) >= 11 is 19.0. The van der Waals surface area contributed by atoms with Gasteiger partial charge in [0, 0.05) is 28.5 Å². The van der Waals surface area contributed by atoms with E-state index in [9.17, 15) is 4.79 Å². The summed E-state index contributed by atoms with van der Waals surface area (Å²) in [6, 6.07) is 13.8. The van der Waals surface area contributed by atoms with Crippen molar-refractivity contribution < 1.29 is 4.79 Å². The maximum atomic E-state index is 14.2. The number of nitrogens with zero attached hydrogens (tertiary/aromatic N) is 3. The maximum Gasteiger partial charge on any atom is 0.270 e. The molecular weight excluding hydrogens is 501 g/mol. The third-order valence-electron chi connectivity index (χ3n) is 8.63. The van der Waals surface area contributed by atoms with Crippen molar-refractivity contribution in [1.29, 1.82) is 0 Å². The Hall–Kier alpha value is -1.75. The van der Waals surface area contributed by atoms with Crippen molar-refractivity contribution in [1.82, 2.24) is 4.90 Å². The highest BCUT2D eigenvalue weighted by molar-refractivity contribution is 6.40. The van der Waals surface area contributed by atoms with Crippen LogP contribution in [-0.4, -0.2) is 28.6 Å². The van der Waals surface area contributed by atoms with Crippen LogP contribution in [0.4, 0.5) is 5.69 Å². The molecule has 5 unspecified atom stereocenters. The lowest BCUT2D eigenvalue weighted by molar-refractivity contribution is -0.128. The van der Waals surface area contributed by atoms with Crippen molar-refractivity contribution in [3.8, 4) is 0 Å². The van der Waals surface area contributed by atoms with Gasteiger partial charge in [-0.1, -0.05) is 72.6 Å². The number of likely N-dealkylation sites (tertiary alicyclic amines) is 1. The fraction of sp³-hybridized carbons (Fsp3) is 0.500. The van der Waals surface area contributed by atoms with E-state index in [1.165, 1.54) is 38.5 Å². The molecule has 0 spiro atoms. The van der Waals surface area contributed by atoms with E-state index in [4.69, 9.17) is 39.9 Å². The topological polar surface area (TPSA) is 35.9 Å². The molecule has 2 aromatic rings. The molecule has 0 aromatic heterocycles. The lowest BCUT2D eigenvalue weighted by Crippen LogP contribution is -2.47. The highest BCUT2D eigenvalue weighted by Crippen LogP contribution is 2.50. The predicted octanol–water partition coefficient (Wildman–Crippen LogP) is 7.91. The van der Waals surface area contributed by atoms with Gasteiger partial charge in [0.15, 0.2) is 0 Å². The van der Waals surface area contributed by atoms with Gasteiger partial charge < -0.3 is 4.90 Å². The van der Waals surface area contributed by atoms with Crippen LogP contribution in [0.5, 0.6) is 0 Å². The standard InChI is InChI=1S/C28H30Cl3N3O/c29-18-11-9-17(10-12-18)27-16-23(32-34(27)26-14-13-19(30)15-22(26)31)28(35)33-24-7-3-1-5-20(24)21-6-2-4-8-25(21)33/h9-15,20-21,24-25,27H,1-8,16H2. The van der Waals surface area contributed by atoms with Gasteiger partial charge in [-0.3, -0.25) is 9.80 Å². The highest BCUT2D eigenvalue weighted by Gasteiger charge is 2.52. The summed E-state index contributed by atoms with van der Waals surface area (Å²) in [6.45, 7) is 0. The van der Waals surface area contributed by atoms with E-state index in [0.717, 1.165) is 24.1 Å². The van der Waals surface area contributed by atoms with Crippen LogP contribution in [0.2, 0.25) is 15.1 Å². The summed E-state index contributed by atoms with van der Waals surface area (Å²) in [6.07, 6.45) is 10.4. The Labute approximate surface area is 222 Å². The van der Waals surface area contributed by atoms with E-state index >= 15 is 0 Å². The molecule has 4 nitrogen and oxygen atoms in total. The Morgan fingerprint density at radius 3 is 2.03 bits per heavy atom. The molecule has 2 aromatic carbocycles. The van der Waals surface area contributed by atoms with Crippen LogP contribution in [0.1, 0.15) is 69.4 Å². The number of benzene rings is 2. The molecular formula is C28H30Cl3N3O. The predicted molar refractivity (Wildman–Crippen MR) is 144 cm³/mol. The first-order chi connectivity index (χ1) is 17.0.